The van der Waals surface area contributed by atoms with Gasteiger partial charge in [-0.05, 0) is 43.3 Å². The Morgan fingerprint density at radius 2 is 1.56 bits per heavy atom. The predicted octanol–water partition coefficient (Wildman–Crippen LogP) is 2.33. The van der Waals surface area contributed by atoms with Crippen LogP contribution in [-0.4, -0.2) is 61.5 Å². The first kappa shape index (κ1) is 27.0. The zero-order chi connectivity index (χ0) is 22.8. The second-order valence-corrected chi connectivity index (χ2v) is 6.64. The van der Waals surface area contributed by atoms with Crippen LogP contribution in [-0.2, 0) is 9.53 Å². The topological polar surface area (TPSA) is 138 Å². The molecule has 9 nitrogen and oxygen atoms in total. The van der Waals surface area contributed by atoms with Gasteiger partial charge in [0.25, 0.3) is 5.91 Å². The molecule has 0 aliphatic heterocycles. The molecule has 1 amide bonds. The zero-order valence-electron chi connectivity index (χ0n) is 17.7. The van der Waals surface area contributed by atoms with E-state index in [1.165, 1.54) is 24.3 Å². The first-order valence-electron chi connectivity index (χ1n) is 9.53. The summed E-state index contributed by atoms with van der Waals surface area (Å²) in [5, 5.41) is 22.1. The average Bonchev–Trinajstić information content (AvgIpc) is 2.77. The SMILES string of the molecule is COCCNC(=N)c1ccc(C(=O)N[C@H](C)C(=O)c2ccc(OCC(=O)O)cc2)cc1.I. The van der Waals surface area contributed by atoms with E-state index in [-0.39, 0.29) is 35.6 Å². The minimum absolute atomic E-state index is 0. The molecule has 0 saturated carbocycles. The van der Waals surface area contributed by atoms with E-state index in [9.17, 15) is 14.4 Å². The highest BCUT2D eigenvalue weighted by molar-refractivity contribution is 14.0. The monoisotopic (exact) mass is 555 g/mol. The molecule has 0 aliphatic carbocycles. The number of carboxylic acids is 1. The highest BCUT2D eigenvalue weighted by Crippen LogP contribution is 2.14. The Labute approximate surface area is 203 Å². The number of aliphatic carboxylic acids is 1. The van der Waals surface area contributed by atoms with E-state index in [0.29, 0.717) is 35.6 Å². The van der Waals surface area contributed by atoms with E-state index in [2.05, 4.69) is 10.6 Å². The number of benzene rings is 2. The lowest BCUT2D eigenvalue weighted by Crippen LogP contribution is -2.38. The molecule has 0 bridgehead atoms. The fraction of sp³-hybridized carbons (Fsp3) is 0.273. The van der Waals surface area contributed by atoms with Crippen LogP contribution in [0.1, 0.15) is 33.2 Å². The molecule has 10 heteroatoms. The molecule has 1 atom stereocenters. The lowest BCUT2D eigenvalue weighted by molar-refractivity contribution is -0.139. The van der Waals surface area contributed by atoms with Crippen molar-refractivity contribution in [2.45, 2.75) is 13.0 Å². The van der Waals surface area contributed by atoms with E-state index >= 15 is 0 Å². The molecule has 32 heavy (non-hydrogen) atoms. The number of methoxy groups -OCH3 is 1. The molecule has 0 spiro atoms. The molecule has 2 rings (SSSR count). The molecule has 0 radical (unpaired) electrons. The van der Waals surface area contributed by atoms with E-state index < -0.39 is 24.5 Å². The summed E-state index contributed by atoms with van der Waals surface area (Å²) in [7, 11) is 1.58. The number of Topliss-reactive ketones (excluding diaryl/α,β-unsaturated/α-hetero) is 1. The molecular weight excluding hydrogens is 529 g/mol. The van der Waals surface area contributed by atoms with Crippen LogP contribution < -0.4 is 15.4 Å². The summed E-state index contributed by atoms with van der Waals surface area (Å²) in [6.45, 7) is 2.09. The molecule has 4 N–H and O–H groups in total. The van der Waals surface area contributed by atoms with Gasteiger partial charge in [0.15, 0.2) is 12.4 Å². The van der Waals surface area contributed by atoms with Crippen molar-refractivity contribution in [3.05, 3.63) is 65.2 Å². The van der Waals surface area contributed by atoms with Gasteiger partial charge in [-0.3, -0.25) is 15.0 Å². The van der Waals surface area contributed by atoms with Crippen LogP contribution in [0.4, 0.5) is 0 Å². The number of hydrogen-bond acceptors (Lipinski definition) is 6. The fourth-order valence-corrected chi connectivity index (χ4v) is 2.62. The third kappa shape index (κ3) is 8.27. The molecule has 0 heterocycles. The van der Waals surface area contributed by atoms with Crippen LogP contribution in [0.5, 0.6) is 5.75 Å². The zero-order valence-corrected chi connectivity index (χ0v) is 20.0. The highest BCUT2D eigenvalue weighted by atomic mass is 127. The maximum absolute atomic E-state index is 12.6. The van der Waals surface area contributed by atoms with Crippen molar-refractivity contribution in [1.82, 2.24) is 10.6 Å². The number of hydrogen-bond donors (Lipinski definition) is 4. The Morgan fingerprint density at radius 3 is 2.12 bits per heavy atom. The molecule has 2 aromatic rings. The number of carbonyl (C=O) groups is 3. The Kier molecular flexibility index (Phi) is 11.3. The standard InChI is InChI=1S/C22H25N3O6.HI/c1-14(20(28)15-7-9-18(10-8-15)31-13-19(26)27)25-22(29)17-5-3-16(4-6-17)21(23)24-11-12-30-2;/h3-10,14H,11-13H2,1-2H3,(H2,23,24)(H,25,29)(H,26,27);1H/t14-;/m1./s1. The summed E-state index contributed by atoms with van der Waals surface area (Å²) < 4.78 is 9.96. The number of nitrogens with one attached hydrogen (secondary N) is 3. The summed E-state index contributed by atoms with van der Waals surface area (Å²) in [6.07, 6.45) is 0. The minimum atomic E-state index is -1.09. The van der Waals surface area contributed by atoms with Gasteiger partial charge in [0.1, 0.15) is 11.6 Å². The number of halogens is 1. The number of ketones is 1. The average molecular weight is 555 g/mol. The first-order chi connectivity index (χ1) is 14.8. The Balaban J connectivity index is 0.00000512. The van der Waals surface area contributed by atoms with Gasteiger partial charge in [-0.2, -0.15) is 0 Å². The molecule has 0 saturated heterocycles. The van der Waals surface area contributed by atoms with Gasteiger partial charge in [0.05, 0.1) is 12.6 Å². The maximum Gasteiger partial charge on any atom is 0.341 e. The van der Waals surface area contributed by atoms with Crippen LogP contribution in [0.3, 0.4) is 0 Å². The third-order valence-electron chi connectivity index (χ3n) is 4.29. The molecular formula is C22H26IN3O6. The van der Waals surface area contributed by atoms with Crippen LogP contribution in [0, 0.1) is 5.41 Å². The molecule has 0 aliphatic rings. The Bertz CT molecular complexity index is 932. The molecule has 2 aromatic carbocycles. The molecule has 0 fully saturated rings. The summed E-state index contributed by atoms with van der Waals surface area (Å²) >= 11 is 0. The summed E-state index contributed by atoms with van der Waals surface area (Å²) in [6, 6.07) is 11.7. The van der Waals surface area contributed by atoms with Crippen LogP contribution in [0.25, 0.3) is 0 Å². The third-order valence-corrected chi connectivity index (χ3v) is 4.29. The van der Waals surface area contributed by atoms with E-state index in [4.69, 9.17) is 20.0 Å². The molecule has 0 aromatic heterocycles. The number of amides is 1. The van der Waals surface area contributed by atoms with Crippen molar-refractivity contribution in [2.75, 3.05) is 26.9 Å². The minimum Gasteiger partial charge on any atom is -0.482 e. The van der Waals surface area contributed by atoms with E-state index in [1.807, 2.05) is 0 Å². The second-order valence-electron chi connectivity index (χ2n) is 6.64. The molecule has 0 unspecified atom stereocenters. The first-order valence-corrected chi connectivity index (χ1v) is 9.53. The van der Waals surface area contributed by atoms with Crippen LogP contribution >= 0.6 is 24.0 Å². The van der Waals surface area contributed by atoms with Crippen molar-refractivity contribution in [1.29, 1.82) is 5.41 Å². The fourth-order valence-electron chi connectivity index (χ4n) is 2.62. The number of carboxylic acid groups (broad SMARTS) is 1. The van der Waals surface area contributed by atoms with Crippen molar-refractivity contribution in [2.24, 2.45) is 0 Å². The normalized spacial score (nSPS) is 10.9. The van der Waals surface area contributed by atoms with Crippen LogP contribution in [0.15, 0.2) is 48.5 Å². The Hall–Kier alpha value is -2.99. The van der Waals surface area contributed by atoms with Crippen molar-refractivity contribution >= 4 is 47.5 Å². The van der Waals surface area contributed by atoms with Gasteiger partial charge in [-0.15, -0.1) is 24.0 Å². The number of rotatable bonds is 11. The van der Waals surface area contributed by atoms with Gasteiger partial charge < -0.3 is 25.2 Å². The maximum atomic E-state index is 12.6. The molecule has 172 valence electrons. The number of amidine groups is 1. The van der Waals surface area contributed by atoms with E-state index in [0.717, 1.165) is 0 Å². The summed E-state index contributed by atoms with van der Waals surface area (Å²) in [5.41, 5.74) is 1.36. The van der Waals surface area contributed by atoms with Crippen molar-refractivity contribution in [3.8, 4) is 5.75 Å². The Morgan fingerprint density at radius 1 is 1.00 bits per heavy atom. The smallest absolute Gasteiger partial charge is 0.341 e. The van der Waals surface area contributed by atoms with Gasteiger partial charge in [-0.25, -0.2) is 4.79 Å². The van der Waals surface area contributed by atoms with Crippen molar-refractivity contribution < 1.29 is 29.0 Å². The predicted molar refractivity (Wildman–Crippen MR) is 129 cm³/mol. The van der Waals surface area contributed by atoms with Gasteiger partial charge in [0.2, 0.25) is 0 Å². The number of ether oxygens (including phenoxy) is 2. The lowest BCUT2D eigenvalue weighted by atomic mass is 10.0. The highest BCUT2D eigenvalue weighted by Gasteiger charge is 2.18. The number of carbonyl (C=O) groups excluding carboxylic acids is 2. The summed E-state index contributed by atoms with van der Waals surface area (Å²) in [5.74, 6) is -1.24. The second kappa shape index (κ2) is 13.4. The van der Waals surface area contributed by atoms with E-state index in [1.54, 1.807) is 38.3 Å². The van der Waals surface area contributed by atoms with Gasteiger partial charge >= 0.3 is 5.97 Å². The lowest BCUT2D eigenvalue weighted by Gasteiger charge is -2.14. The van der Waals surface area contributed by atoms with Crippen LogP contribution in [0.2, 0.25) is 0 Å². The van der Waals surface area contributed by atoms with Gasteiger partial charge in [-0.1, -0.05) is 12.1 Å². The largest absolute Gasteiger partial charge is 0.482 e. The quantitative estimate of drug-likeness (QED) is 0.110. The summed E-state index contributed by atoms with van der Waals surface area (Å²) in [4.78, 5) is 35.5. The van der Waals surface area contributed by atoms with Gasteiger partial charge in [0, 0.05) is 30.3 Å². The van der Waals surface area contributed by atoms with Crippen molar-refractivity contribution in [3.63, 3.8) is 0 Å².